The molecule has 0 radical (unpaired) electrons. The van der Waals surface area contributed by atoms with E-state index in [1.54, 1.807) is 0 Å². The minimum atomic E-state index is -1.87. The first-order chi connectivity index (χ1) is 14.8. The highest BCUT2D eigenvalue weighted by Gasteiger charge is 2.56. The number of nitrogens with zero attached hydrogens (tertiary/aromatic N) is 3. The maximum absolute atomic E-state index is 13.3. The minimum Gasteiger partial charge on any atom is -0.477 e. The molecule has 0 fully saturated rings. The van der Waals surface area contributed by atoms with Crippen LogP contribution in [0.1, 0.15) is 30.9 Å². The standard InChI is InChI=1S/C25H25N3O3/c1-15(2)31-23-22(18-13-27(3)20-11-7-5-9-16(18)20)25(30,24(29)26-23)19-14-28(4)21-12-8-6-10-17(19)21/h5-15,22,30H,1-4H3. The Balaban J connectivity index is 1.80. The zero-order valence-corrected chi connectivity index (χ0v) is 18.0. The Bertz CT molecular complexity index is 1360. The number of aromatic nitrogens is 2. The van der Waals surface area contributed by atoms with Crippen molar-refractivity contribution >= 4 is 33.6 Å². The second kappa shape index (κ2) is 6.82. The molecule has 2 atom stereocenters. The van der Waals surface area contributed by atoms with Crippen LogP contribution < -0.4 is 0 Å². The van der Waals surface area contributed by atoms with Crippen molar-refractivity contribution in [1.82, 2.24) is 9.13 Å². The van der Waals surface area contributed by atoms with Crippen LogP contribution in [-0.2, 0) is 29.2 Å². The van der Waals surface area contributed by atoms with Gasteiger partial charge in [0.25, 0.3) is 5.91 Å². The third kappa shape index (κ3) is 2.75. The molecule has 2 aromatic carbocycles. The number of rotatable bonds is 3. The fourth-order valence-corrected chi connectivity index (χ4v) is 4.77. The number of hydrogen-bond acceptors (Lipinski definition) is 3. The number of amides is 1. The number of benzene rings is 2. The number of hydrogen-bond donors (Lipinski definition) is 1. The van der Waals surface area contributed by atoms with E-state index in [2.05, 4.69) is 4.99 Å². The average molecular weight is 415 g/mol. The first-order valence-electron chi connectivity index (χ1n) is 10.4. The first-order valence-corrected chi connectivity index (χ1v) is 10.4. The number of aliphatic imine (C=N–C) groups is 1. The molecule has 0 saturated carbocycles. The van der Waals surface area contributed by atoms with Gasteiger partial charge in [0.15, 0.2) is 5.60 Å². The van der Waals surface area contributed by atoms with Gasteiger partial charge in [-0.2, -0.15) is 4.99 Å². The van der Waals surface area contributed by atoms with Gasteiger partial charge < -0.3 is 19.0 Å². The predicted octanol–water partition coefficient (Wildman–Crippen LogP) is 4.01. The molecule has 1 aliphatic heterocycles. The Morgan fingerprint density at radius 3 is 2.23 bits per heavy atom. The molecule has 2 unspecified atom stereocenters. The van der Waals surface area contributed by atoms with Gasteiger partial charge in [-0.1, -0.05) is 36.4 Å². The number of aryl methyl sites for hydroxylation is 2. The fourth-order valence-electron chi connectivity index (χ4n) is 4.77. The lowest BCUT2D eigenvalue weighted by Gasteiger charge is -2.29. The van der Waals surface area contributed by atoms with E-state index in [1.165, 1.54) is 0 Å². The van der Waals surface area contributed by atoms with E-state index < -0.39 is 17.4 Å². The Kier molecular flexibility index (Phi) is 4.31. The van der Waals surface area contributed by atoms with Crippen molar-refractivity contribution in [1.29, 1.82) is 0 Å². The zero-order valence-electron chi connectivity index (χ0n) is 18.0. The Morgan fingerprint density at radius 1 is 0.968 bits per heavy atom. The summed E-state index contributed by atoms with van der Waals surface area (Å²) in [5.41, 5.74) is 1.45. The lowest BCUT2D eigenvalue weighted by atomic mass is 9.78. The molecule has 1 aliphatic rings. The summed E-state index contributed by atoms with van der Waals surface area (Å²) in [7, 11) is 3.87. The summed E-state index contributed by atoms with van der Waals surface area (Å²) >= 11 is 0. The van der Waals surface area contributed by atoms with Gasteiger partial charge >= 0.3 is 0 Å². The monoisotopic (exact) mass is 415 g/mol. The van der Waals surface area contributed by atoms with E-state index >= 15 is 0 Å². The molecule has 0 aliphatic carbocycles. The summed E-state index contributed by atoms with van der Waals surface area (Å²) in [6.45, 7) is 3.78. The number of ether oxygens (including phenoxy) is 1. The van der Waals surface area contributed by atoms with Crippen LogP contribution in [0.5, 0.6) is 0 Å². The van der Waals surface area contributed by atoms with E-state index in [0.29, 0.717) is 5.56 Å². The molecule has 6 heteroatoms. The third-order valence-corrected chi connectivity index (χ3v) is 6.11. The molecule has 31 heavy (non-hydrogen) atoms. The topological polar surface area (TPSA) is 68.8 Å². The molecule has 1 N–H and O–H groups in total. The van der Waals surface area contributed by atoms with Crippen LogP contribution in [0.2, 0.25) is 0 Å². The molecule has 158 valence electrons. The van der Waals surface area contributed by atoms with Crippen LogP contribution in [0.3, 0.4) is 0 Å². The third-order valence-electron chi connectivity index (χ3n) is 6.11. The molecule has 3 heterocycles. The summed E-state index contributed by atoms with van der Waals surface area (Å²) in [6.07, 6.45) is 3.61. The molecule has 4 aromatic rings. The molecule has 6 nitrogen and oxygen atoms in total. The van der Waals surface area contributed by atoms with Crippen molar-refractivity contribution in [2.75, 3.05) is 0 Å². The first kappa shape index (κ1) is 19.6. The van der Waals surface area contributed by atoms with Gasteiger partial charge in [0.05, 0.1) is 6.10 Å². The molecular formula is C25H25N3O3. The Hall–Kier alpha value is -3.38. The average Bonchev–Trinajstić information content (AvgIpc) is 3.33. The van der Waals surface area contributed by atoms with Gasteiger partial charge in [0.2, 0.25) is 5.90 Å². The summed E-state index contributed by atoms with van der Waals surface area (Å²) in [6, 6.07) is 15.7. The zero-order chi connectivity index (χ0) is 21.9. The number of para-hydroxylation sites is 2. The van der Waals surface area contributed by atoms with Crippen LogP contribution in [0.15, 0.2) is 65.9 Å². The number of carbonyl (C=O) groups excluding carboxylic acids is 1. The van der Waals surface area contributed by atoms with Gasteiger partial charge in [0.1, 0.15) is 5.92 Å². The minimum absolute atomic E-state index is 0.182. The van der Waals surface area contributed by atoms with E-state index in [4.69, 9.17) is 4.74 Å². The molecule has 0 spiro atoms. The predicted molar refractivity (Wildman–Crippen MR) is 121 cm³/mol. The van der Waals surface area contributed by atoms with Gasteiger partial charge in [-0.3, -0.25) is 4.79 Å². The van der Waals surface area contributed by atoms with E-state index in [9.17, 15) is 9.90 Å². The van der Waals surface area contributed by atoms with Gasteiger partial charge in [-0.15, -0.1) is 0 Å². The number of aliphatic hydroxyl groups is 1. The van der Waals surface area contributed by atoms with E-state index in [0.717, 1.165) is 27.4 Å². The second-order valence-electron chi connectivity index (χ2n) is 8.50. The van der Waals surface area contributed by atoms with E-state index in [1.807, 2.05) is 98.0 Å². The van der Waals surface area contributed by atoms with Crippen molar-refractivity contribution in [2.45, 2.75) is 31.5 Å². The molecular weight excluding hydrogens is 390 g/mol. The smallest absolute Gasteiger partial charge is 0.286 e. The normalized spacial score (nSPS) is 21.4. The lowest BCUT2D eigenvalue weighted by molar-refractivity contribution is -0.135. The Labute approximate surface area is 180 Å². The molecule has 0 saturated heterocycles. The van der Waals surface area contributed by atoms with Crippen LogP contribution in [0, 0.1) is 0 Å². The largest absolute Gasteiger partial charge is 0.477 e. The van der Waals surface area contributed by atoms with Crippen LogP contribution in [0.4, 0.5) is 0 Å². The fraction of sp³-hybridized carbons (Fsp3) is 0.280. The van der Waals surface area contributed by atoms with Crippen LogP contribution in [0.25, 0.3) is 21.8 Å². The van der Waals surface area contributed by atoms with E-state index in [-0.39, 0.29) is 12.0 Å². The lowest BCUT2D eigenvalue weighted by Crippen LogP contribution is -2.39. The number of fused-ring (bicyclic) bond motifs is 2. The quantitative estimate of drug-likeness (QED) is 0.550. The highest BCUT2D eigenvalue weighted by molar-refractivity contribution is 6.12. The SMILES string of the molecule is CC(C)OC1=NC(=O)C(O)(c2cn(C)c3ccccc23)C1c1cn(C)c2ccccc12. The summed E-state index contributed by atoms with van der Waals surface area (Å²) in [5.74, 6) is -1.09. The molecule has 5 rings (SSSR count). The van der Waals surface area contributed by atoms with Crippen molar-refractivity contribution in [3.8, 4) is 0 Å². The van der Waals surface area contributed by atoms with Crippen molar-refractivity contribution in [2.24, 2.45) is 19.1 Å². The highest BCUT2D eigenvalue weighted by atomic mass is 16.5. The van der Waals surface area contributed by atoms with Gasteiger partial charge in [-0.25, -0.2) is 0 Å². The molecule has 1 amide bonds. The van der Waals surface area contributed by atoms with Crippen LogP contribution >= 0.6 is 0 Å². The summed E-state index contributed by atoms with van der Waals surface area (Å²) in [5, 5.41) is 13.9. The molecule has 2 aromatic heterocycles. The number of carbonyl (C=O) groups is 1. The Morgan fingerprint density at radius 2 is 1.55 bits per heavy atom. The highest BCUT2D eigenvalue weighted by Crippen LogP contribution is 2.48. The van der Waals surface area contributed by atoms with Crippen LogP contribution in [-0.4, -0.2) is 32.1 Å². The maximum atomic E-state index is 13.3. The maximum Gasteiger partial charge on any atom is 0.286 e. The van der Waals surface area contributed by atoms with Gasteiger partial charge in [-0.05, 0) is 31.5 Å². The van der Waals surface area contributed by atoms with Crippen molar-refractivity contribution < 1.29 is 14.6 Å². The van der Waals surface area contributed by atoms with Gasteiger partial charge in [0, 0.05) is 53.9 Å². The van der Waals surface area contributed by atoms with Crippen molar-refractivity contribution in [3.63, 3.8) is 0 Å². The van der Waals surface area contributed by atoms with Crippen molar-refractivity contribution in [3.05, 3.63) is 72.1 Å². The second-order valence-corrected chi connectivity index (χ2v) is 8.50. The summed E-state index contributed by atoms with van der Waals surface area (Å²) < 4.78 is 9.93. The summed E-state index contributed by atoms with van der Waals surface area (Å²) in [4.78, 5) is 17.6. The molecule has 0 bridgehead atoms.